The van der Waals surface area contributed by atoms with Gasteiger partial charge in [-0.25, -0.2) is 18.2 Å². The van der Waals surface area contributed by atoms with Crippen molar-refractivity contribution in [3.63, 3.8) is 0 Å². The van der Waals surface area contributed by atoms with Crippen molar-refractivity contribution < 1.29 is 23.1 Å². The standard InChI is InChI=1S/C21H28N2O5S2/c1-21(2,3)16-12-15(19(29-16)20(24)25)22-13-8-10-14(11-9-13)28-17-6-5-7-18(23-17)30(4,26)27/h5-7,12-14,22H,8-11H2,1-4H3,(H,24,25)/t13-,14-. The summed E-state index contributed by atoms with van der Waals surface area (Å²) in [4.78, 5) is 17.1. The highest BCUT2D eigenvalue weighted by Crippen LogP contribution is 2.37. The first-order valence-electron chi connectivity index (χ1n) is 9.91. The van der Waals surface area contributed by atoms with Gasteiger partial charge in [0.05, 0.1) is 5.69 Å². The molecule has 3 rings (SSSR count). The van der Waals surface area contributed by atoms with Crippen LogP contribution in [0.2, 0.25) is 0 Å². The molecule has 1 aliphatic rings. The summed E-state index contributed by atoms with van der Waals surface area (Å²) in [6.07, 6.45) is 4.29. The third kappa shape index (κ3) is 5.51. The molecule has 9 heteroatoms. The van der Waals surface area contributed by atoms with Crippen LogP contribution in [0.15, 0.2) is 29.3 Å². The number of aromatic nitrogens is 1. The van der Waals surface area contributed by atoms with E-state index in [0.29, 0.717) is 16.4 Å². The molecule has 0 aromatic carbocycles. The number of nitrogens with one attached hydrogen (secondary N) is 1. The normalized spacial score (nSPS) is 20.0. The second-order valence-corrected chi connectivity index (χ2v) is 11.7. The number of pyridine rings is 1. The number of hydrogen-bond donors (Lipinski definition) is 2. The molecule has 0 radical (unpaired) electrons. The van der Waals surface area contributed by atoms with Crippen LogP contribution in [-0.2, 0) is 15.3 Å². The van der Waals surface area contributed by atoms with E-state index in [9.17, 15) is 18.3 Å². The van der Waals surface area contributed by atoms with Crippen LogP contribution < -0.4 is 10.1 Å². The van der Waals surface area contributed by atoms with Gasteiger partial charge in [0, 0.05) is 23.2 Å². The topological polar surface area (TPSA) is 106 Å². The Morgan fingerprint density at radius 1 is 1.23 bits per heavy atom. The van der Waals surface area contributed by atoms with Gasteiger partial charge in [-0.05, 0) is 43.2 Å². The second-order valence-electron chi connectivity index (χ2n) is 8.73. The van der Waals surface area contributed by atoms with Gasteiger partial charge in [0.25, 0.3) is 0 Å². The first kappa shape index (κ1) is 22.6. The molecule has 0 saturated heterocycles. The van der Waals surface area contributed by atoms with Gasteiger partial charge in [0.1, 0.15) is 11.0 Å². The summed E-state index contributed by atoms with van der Waals surface area (Å²) in [6.45, 7) is 6.22. The van der Waals surface area contributed by atoms with E-state index in [4.69, 9.17) is 4.74 Å². The van der Waals surface area contributed by atoms with Gasteiger partial charge in [0.15, 0.2) is 14.9 Å². The molecular formula is C21H28N2O5S2. The van der Waals surface area contributed by atoms with Crippen molar-refractivity contribution in [1.29, 1.82) is 0 Å². The highest BCUT2D eigenvalue weighted by atomic mass is 32.2. The summed E-state index contributed by atoms with van der Waals surface area (Å²) in [5.74, 6) is -0.595. The fourth-order valence-electron chi connectivity index (χ4n) is 3.41. The number of ether oxygens (including phenoxy) is 1. The number of sulfone groups is 1. The Morgan fingerprint density at radius 3 is 2.47 bits per heavy atom. The van der Waals surface area contributed by atoms with Crippen LogP contribution in [0.5, 0.6) is 5.88 Å². The third-order valence-electron chi connectivity index (χ3n) is 5.06. The Morgan fingerprint density at radius 2 is 1.90 bits per heavy atom. The van der Waals surface area contributed by atoms with Crippen molar-refractivity contribution in [2.75, 3.05) is 11.6 Å². The Labute approximate surface area is 181 Å². The molecule has 1 fully saturated rings. The van der Waals surface area contributed by atoms with E-state index >= 15 is 0 Å². The smallest absolute Gasteiger partial charge is 0.348 e. The average Bonchev–Trinajstić information content (AvgIpc) is 3.07. The van der Waals surface area contributed by atoms with Crippen LogP contribution in [0.4, 0.5) is 5.69 Å². The predicted octanol–water partition coefficient (Wildman–Crippen LogP) is 4.34. The molecule has 0 amide bonds. The van der Waals surface area contributed by atoms with Crippen LogP contribution in [0.3, 0.4) is 0 Å². The Kier molecular flexibility index (Phi) is 6.43. The Balaban J connectivity index is 1.62. The third-order valence-corrected chi connectivity index (χ3v) is 7.60. The number of anilines is 1. The number of hydrogen-bond acceptors (Lipinski definition) is 7. The van der Waals surface area contributed by atoms with Crippen molar-refractivity contribution in [3.05, 3.63) is 34.0 Å². The quantitative estimate of drug-likeness (QED) is 0.671. The maximum Gasteiger partial charge on any atom is 0.348 e. The van der Waals surface area contributed by atoms with Crippen LogP contribution in [0.1, 0.15) is 61.0 Å². The maximum atomic E-state index is 11.7. The summed E-state index contributed by atoms with van der Waals surface area (Å²) in [5.41, 5.74) is 0.581. The monoisotopic (exact) mass is 452 g/mol. The van der Waals surface area contributed by atoms with Crippen molar-refractivity contribution >= 4 is 32.8 Å². The molecule has 7 nitrogen and oxygen atoms in total. The van der Waals surface area contributed by atoms with E-state index in [-0.39, 0.29) is 22.6 Å². The van der Waals surface area contributed by atoms with Crippen LogP contribution in [-0.4, -0.2) is 42.9 Å². The zero-order valence-electron chi connectivity index (χ0n) is 17.6. The number of thiophene rings is 1. The maximum absolute atomic E-state index is 11.7. The minimum atomic E-state index is -3.38. The number of carboxylic acids is 1. The molecule has 0 bridgehead atoms. The first-order valence-corrected chi connectivity index (χ1v) is 12.6. The van der Waals surface area contributed by atoms with Crippen molar-refractivity contribution in [3.8, 4) is 5.88 Å². The van der Waals surface area contributed by atoms with Gasteiger partial charge in [-0.3, -0.25) is 0 Å². The molecule has 2 aromatic heterocycles. The van der Waals surface area contributed by atoms with E-state index in [1.54, 1.807) is 12.1 Å². The molecule has 30 heavy (non-hydrogen) atoms. The Hall–Kier alpha value is -2.13. The first-order chi connectivity index (χ1) is 13.9. The fourth-order valence-corrected chi connectivity index (χ4v) is 5.01. The minimum absolute atomic E-state index is 0.00339. The molecular weight excluding hydrogens is 424 g/mol. The van der Waals surface area contributed by atoms with Gasteiger partial charge in [-0.15, -0.1) is 11.3 Å². The van der Waals surface area contributed by atoms with E-state index in [2.05, 4.69) is 31.1 Å². The largest absolute Gasteiger partial charge is 0.477 e. The summed E-state index contributed by atoms with van der Waals surface area (Å²) < 4.78 is 29.2. The fraction of sp³-hybridized carbons (Fsp3) is 0.524. The zero-order chi connectivity index (χ0) is 22.1. The zero-order valence-corrected chi connectivity index (χ0v) is 19.3. The lowest BCUT2D eigenvalue weighted by Crippen LogP contribution is -2.31. The van der Waals surface area contributed by atoms with Gasteiger partial charge in [-0.2, -0.15) is 0 Å². The molecule has 1 saturated carbocycles. The molecule has 2 heterocycles. The number of carboxylic acid groups (broad SMARTS) is 1. The van der Waals surface area contributed by atoms with E-state index < -0.39 is 15.8 Å². The highest BCUT2D eigenvalue weighted by Gasteiger charge is 2.27. The predicted molar refractivity (Wildman–Crippen MR) is 118 cm³/mol. The van der Waals surface area contributed by atoms with E-state index in [1.807, 2.05) is 6.07 Å². The molecule has 0 unspecified atom stereocenters. The molecule has 0 spiro atoms. The average molecular weight is 453 g/mol. The lowest BCUT2D eigenvalue weighted by atomic mass is 9.92. The van der Waals surface area contributed by atoms with Gasteiger partial charge in [0.2, 0.25) is 5.88 Å². The molecule has 2 N–H and O–H groups in total. The lowest BCUT2D eigenvalue weighted by molar-refractivity contribution is 0.0703. The number of aromatic carboxylic acids is 1. The molecule has 0 atom stereocenters. The second kappa shape index (κ2) is 8.55. The summed E-state index contributed by atoms with van der Waals surface area (Å²) in [7, 11) is -3.38. The van der Waals surface area contributed by atoms with Gasteiger partial charge >= 0.3 is 5.97 Å². The van der Waals surface area contributed by atoms with E-state index in [0.717, 1.165) is 36.8 Å². The highest BCUT2D eigenvalue weighted by molar-refractivity contribution is 7.90. The van der Waals surface area contributed by atoms with Crippen LogP contribution >= 0.6 is 11.3 Å². The van der Waals surface area contributed by atoms with Gasteiger partial charge in [-0.1, -0.05) is 26.8 Å². The molecule has 2 aromatic rings. The lowest BCUT2D eigenvalue weighted by Gasteiger charge is -2.29. The summed E-state index contributed by atoms with van der Waals surface area (Å²) >= 11 is 1.32. The molecule has 164 valence electrons. The van der Waals surface area contributed by atoms with Crippen molar-refractivity contribution in [2.45, 2.75) is 69.0 Å². The molecule has 1 aliphatic carbocycles. The number of nitrogens with zero attached hydrogens (tertiary/aromatic N) is 1. The Bertz CT molecular complexity index is 1020. The van der Waals surface area contributed by atoms with Crippen LogP contribution in [0, 0.1) is 0 Å². The number of rotatable bonds is 6. The molecule has 0 aliphatic heterocycles. The van der Waals surface area contributed by atoms with Crippen LogP contribution in [0.25, 0.3) is 0 Å². The minimum Gasteiger partial charge on any atom is -0.477 e. The van der Waals surface area contributed by atoms with E-state index in [1.165, 1.54) is 17.4 Å². The van der Waals surface area contributed by atoms with Gasteiger partial charge < -0.3 is 15.2 Å². The van der Waals surface area contributed by atoms with Crippen molar-refractivity contribution in [2.24, 2.45) is 0 Å². The summed E-state index contributed by atoms with van der Waals surface area (Å²) in [6, 6.07) is 6.87. The SMILES string of the molecule is CC(C)(C)c1cc(N[C@H]2CC[C@H](Oc3cccc(S(C)(=O)=O)n3)CC2)c(C(=O)O)s1. The summed E-state index contributed by atoms with van der Waals surface area (Å²) in [5, 5.41) is 13.0. The number of carbonyl (C=O) groups is 1. The van der Waals surface area contributed by atoms with Crippen molar-refractivity contribution in [1.82, 2.24) is 4.98 Å².